The first-order valence-corrected chi connectivity index (χ1v) is 11.8. The highest BCUT2D eigenvalue weighted by Gasteiger charge is 2.22. The Balaban J connectivity index is 1.31. The van der Waals surface area contributed by atoms with Crippen LogP contribution in [0.3, 0.4) is 0 Å². The fourth-order valence-corrected chi connectivity index (χ4v) is 4.23. The number of Topliss-reactive ketones (excluding diaryl/α,β-unsaturated/α-hetero) is 1. The summed E-state index contributed by atoms with van der Waals surface area (Å²) in [6, 6.07) is 9.70. The van der Waals surface area contributed by atoms with Crippen molar-refractivity contribution in [2.24, 2.45) is 0 Å². The van der Waals surface area contributed by atoms with E-state index in [1.807, 2.05) is 35.4 Å². The number of carbonyl (C=O) groups is 2. The van der Waals surface area contributed by atoms with E-state index in [9.17, 15) is 9.59 Å². The van der Waals surface area contributed by atoms with Crippen LogP contribution in [0.15, 0.2) is 36.5 Å². The predicted octanol–water partition coefficient (Wildman–Crippen LogP) is 2.21. The molecule has 3 aromatic rings. The van der Waals surface area contributed by atoms with Gasteiger partial charge in [0.2, 0.25) is 5.91 Å². The van der Waals surface area contributed by atoms with E-state index in [1.165, 1.54) is 0 Å². The molecule has 9 nitrogen and oxygen atoms in total. The third-order valence-corrected chi connectivity index (χ3v) is 6.42. The molecular weight excluding hydrogens is 432 g/mol. The number of benzene rings is 1. The molecule has 2 aromatic heterocycles. The van der Waals surface area contributed by atoms with Gasteiger partial charge < -0.3 is 19.9 Å². The third-order valence-electron chi connectivity index (χ3n) is 6.42. The van der Waals surface area contributed by atoms with Gasteiger partial charge in [-0.25, -0.2) is 4.98 Å². The minimum atomic E-state index is -0.0743. The van der Waals surface area contributed by atoms with E-state index >= 15 is 0 Å². The zero-order valence-electron chi connectivity index (χ0n) is 19.7. The maximum atomic E-state index is 13.0. The van der Waals surface area contributed by atoms with Crippen LogP contribution < -0.4 is 10.1 Å². The zero-order valence-corrected chi connectivity index (χ0v) is 19.7. The standard InChI is InChI=1S/C25H30N6O3/c1-29-8-10-30(11-9-29)25(33)16-31-15-18-12-17(23(34-2)14-21(18)28-31)13-22(32)20-4-3-5-24(27-20)26-19-6-7-19/h3-5,12,14-15,19H,6-11,13,16H2,1-2H3,(H,26,27). The molecule has 9 heteroatoms. The van der Waals surface area contributed by atoms with E-state index in [-0.39, 0.29) is 24.7 Å². The molecule has 1 saturated carbocycles. The maximum Gasteiger partial charge on any atom is 0.244 e. The van der Waals surface area contributed by atoms with Gasteiger partial charge in [-0.1, -0.05) is 6.07 Å². The Hall–Kier alpha value is -3.46. The Morgan fingerprint density at radius 2 is 1.94 bits per heavy atom. The Labute approximate surface area is 198 Å². The second kappa shape index (κ2) is 9.42. The second-order valence-corrected chi connectivity index (χ2v) is 9.16. The highest BCUT2D eigenvalue weighted by Crippen LogP contribution is 2.27. The van der Waals surface area contributed by atoms with Gasteiger partial charge in [0, 0.05) is 61.9 Å². The fraction of sp³-hybridized carbons (Fsp3) is 0.440. The molecule has 0 spiro atoms. The summed E-state index contributed by atoms with van der Waals surface area (Å²) in [4.78, 5) is 34.3. The van der Waals surface area contributed by atoms with Gasteiger partial charge in [-0.3, -0.25) is 14.3 Å². The van der Waals surface area contributed by atoms with Crippen molar-refractivity contribution in [2.45, 2.75) is 31.8 Å². The summed E-state index contributed by atoms with van der Waals surface area (Å²) in [5.74, 6) is 1.33. The van der Waals surface area contributed by atoms with Crippen molar-refractivity contribution >= 4 is 28.4 Å². The van der Waals surface area contributed by atoms with E-state index in [0.717, 1.165) is 61.3 Å². The van der Waals surface area contributed by atoms with Crippen LogP contribution in [0.2, 0.25) is 0 Å². The van der Waals surface area contributed by atoms with Crippen molar-refractivity contribution in [3.63, 3.8) is 0 Å². The zero-order chi connectivity index (χ0) is 23.7. The van der Waals surface area contributed by atoms with Crippen LogP contribution in [-0.4, -0.2) is 82.6 Å². The summed E-state index contributed by atoms with van der Waals surface area (Å²) in [6.07, 6.45) is 4.32. The minimum absolute atomic E-state index is 0.0639. The van der Waals surface area contributed by atoms with Gasteiger partial charge in [0.05, 0.1) is 12.6 Å². The topological polar surface area (TPSA) is 92.6 Å². The molecule has 0 atom stereocenters. The molecule has 2 fully saturated rings. The monoisotopic (exact) mass is 462 g/mol. The first-order valence-electron chi connectivity index (χ1n) is 11.8. The van der Waals surface area contributed by atoms with Gasteiger partial charge in [-0.05, 0) is 38.1 Å². The number of fused-ring (bicyclic) bond motifs is 1. The van der Waals surface area contributed by atoms with Crippen molar-refractivity contribution in [1.29, 1.82) is 0 Å². The van der Waals surface area contributed by atoms with Crippen molar-refractivity contribution in [3.05, 3.63) is 47.8 Å². The number of nitrogens with one attached hydrogen (secondary N) is 1. The summed E-state index contributed by atoms with van der Waals surface area (Å²) in [5.41, 5.74) is 1.93. The largest absolute Gasteiger partial charge is 0.496 e. The normalized spacial score (nSPS) is 16.6. The molecular formula is C25H30N6O3. The van der Waals surface area contributed by atoms with Crippen LogP contribution >= 0.6 is 0 Å². The Morgan fingerprint density at radius 3 is 2.68 bits per heavy atom. The van der Waals surface area contributed by atoms with Crippen LogP contribution in [0.25, 0.3) is 10.9 Å². The summed E-state index contributed by atoms with van der Waals surface area (Å²) in [7, 11) is 3.65. The van der Waals surface area contributed by atoms with E-state index in [1.54, 1.807) is 17.9 Å². The first-order chi connectivity index (χ1) is 16.5. The number of pyridine rings is 1. The number of ketones is 1. The smallest absolute Gasteiger partial charge is 0.244 e. The lowest BCUT2D eigenvalue weighted by atomic mass is 10.0. The molecule has 0 unspecified atom stereocenters. The van der Waals surface area contributed by atoms with Gasteiger partial charge in [-0.2, -0.15) is 5.10 Å². The number of piperazine rings is 1. The summed E-state index contributed by atoms with van der Waals surface area (Å²) < 4.78 is 7.23. The molecule has 0 radical (unpaired) electrons. The van der Waals surface area contributed by atoms with Crippen LogP contribution in [0, 0.1) is 0 Å². The number of nitrogens with zero attached hydrogens (tertiary/aromatic N) is 5. The van der Waals surface area contributed by atoms with Crippen LogP contribution in [0.1, 0.15) is 28.9 Å². The SMILES string of the molecule is COc1cc2nn(CC(=O)N3CCN(C)CC3)cc2cc1CC(=O)c1cccc(NC2CC2)n1. The summed E-state index contributed by atoms with van der Waals surface area (Å²) in [6.45, 7) is 3.44. The fourth-order valence-electron chi connectivity index (χ4n) is 4.23. The number of amides is 1. The van der Waals surface area contributed by atoms with Gasteiger partial charge in [0.1, 0.15) is 23.8 Å². The summed E-state index contributed by atoms with van der Waals surface area (Å²) in [5, 5.41) is 8.77. The van der Waals surface area contributed by atoms with E-state index in [2.05, 4.69) is 27.3 Å². The van der Waals surface area contributed by atoms with Crippen molar-refractivity contribution in [3.8, 4) is 5.75 Å². The Bertz CT molecular complexity index is 1210. The Morgan fingerprint density at radius 1 is 1.15 bits per heavy atom. The average molecular weight is 463 g/mol. The van der Waals surface area contributed by atoms with Crippen LogP contribution in [0.4, 0.5) is 5.82 Å². The lowest BCUT2D eigenvalue weighted by Gasteiger charge is -2.32. The van der Waals surface area contributed by atoms with Gasteiger partial charge in [0.15, 0.2) is 5.78 Å². The van der Waals surface area contributed by atoms with E-state index in [4.69, 9.17) is 4.74 Å². The molecule has 1 N–H and O–H groups in total. The number of methoxy groups -OCH3 is 1. The highest BCUT2D eigenvalue weighted by atomic mass is 16.5. The first kappa shape index (κ1) is 22.3. The molecule has 3 heterocycles. The molecule has 1 aliphatic carbocycles. The number of likely N-dealkylation sites (N-methyl/N-ethyl adjacent to an activating group) is 1. The Kier molecular flexibility index (Phi) is 6.19. The molecule has 0 bridgehead atoms. The molecule has 178 valence electrons. The lowest BCUT2D eigenvalue weighted by molar-refractivity contribution is -0.133. The van der Waals surface area contributed by atoms with E-state index < -0.39 is 0 Å². The minimum Gasteiger partial charge on any atom is -0.496 e. The second-order valence-electron chi connectivity index (χ2n) is 9.16. The predicted molar refractivity (Wildman–Crippen MR) is 129 cm³/mol. The van der Waals surface area contributed by atoms with E-state index in [0.29, 0.717) is 17.5 Å². The number of aromatic nitrogens is 3. The number of rotatable bonds is 8. The number of hydrogen-bond acceptors (Lipinski definition) is 7. The third kappa shape index (κ3) is 5.04. The summed E-state index contributed by atoms with van der Waals surface area (Å²) >= 11 is 0. The number of anilines is 1. The van der Waals surface area contributed by atoms with Crippen molar-refractivity contribution in [2.75, 3.05) is 45.7 Å². The highest BCUT2D eigenvalue weighted by molar-refractivity contribution is 5.97. The molecule has 5 rings (SSSR count). The molecule has 2 aliphatic rings. The average Bonchev–Trinajstić information content (AvgIpc) is 3.56. The van der Waals surface area contributed by atoms with Crippen LogP contribution in [0.5, 0.6) is 5.75 Å². The van der Waals surface area contributed by atoms with Crippen molar-refractivity contribution < 1.29 is 14.3 Å². The number of ether oxygens (including phenoxy) is 1. The lowest BCUT2D eigenvalue weighted by Crippen LogP contribution is -2.48. The van der Waals surface area contributed by atoms with Crippen molar-refractivity contribution in [1.82, 2.24) is 24.6 Å². The quantitative estimate of drug-likeness (QED) is 0.513. The number of hydrogen-bond donors (Lipinski definition) is 1. The number of carbonyl (C=O) groups excluding carboxylic acids is 2. The molecule has 34 heavy (non-hydrogen) atoms. The molecule has 1 amide bonds. The van der Waals surface area contributed by atoms with Gasteiger partial charge >= 0.3 is 0 Å². The molecule has 1 aromatic carbocycles. The van der Waals surface area contributed by atoms with Gasteiger partial charge in [-0.15, -0.1) is 0 Å². The maximum absolute atomic E-state index is 13.0. The van der Waals surface area contributed by atoms with Crippen LogP contribution in [-0.2, 0) is 17.8 Å². The molecule has 1 saturated heterocycles. The van der Waals surface area contributed by atoms with Gasteiger partial charge in [0.25, 0.3) is 0 Å². The molecule has 1 aliphatic heterocycles.